The van der Waals surface area contributed by atoms with Crippen LogP contribution in [0.15, 0.2) is 68.8 Å². The molecule has 1 N–H and O–H groups in total. The Balaban J connectivity index is 3.15. The maximum absolute atomic E-state index is 13.4. The number of amidine groups is 1. The molecule has 0 spiro atoms. The van der Waals surface area contributed by atoms with E-state index in [1.807, 2.05) is 32.9 Å². The normalized spacial score (nSPS) is 16.6. The van der Waals surface area contributed by atoms with Gasteiger partial charge in [0.1, 0.15) is 17.7 Å². The molecule has 1 aliphatic carbocycles. The number of hydrogen-bond donors (Lipinski definition) is 1. The van der Waals surface area contributed by atoms with E-state index in [2.05, 4.69) is 28.5 Å². The highest BCUT2D eigenvalue weighted by Gasteiger charge is 2.27. The van der Waals surface area contributed by atoms with E-state index >= 15 is 0 Å². The van der Waals surface area contributed by atoms with Gasteiger partial charge in [0.2, 0.25) is 0 Å². The Morgan fingerprint density at radius 3 is 2.58 bits per heavy atom. The molecule has 1 fully saturated rings. The number of aliphatic imine (C=N–C) groups is 2. The molecule has 0 aliphatic heterocycles. The van der Waals surface area contributed by atoms with Crippen molar-refractivity contribution in [3.63, 3.8) is 0 Å². The Kier molecular flexibility index (Phi) is 16.1. The molecule has 1 rings (SSSR count). The lowest BCUT2D eigenvalue weighted by Crippen LogP contribution is -2.23. The summed E-state index contributed by atoms with van der Waals surface area (Å²) in [6.45, 7) is 17.2. The summed E-state index contributed by atoms with van der Waals surface area (Å²) in [5, 5.41) is 4.60. The molecule has 0 amide bonds. The van der Waals surface area contributed by atoms with Crippen LogP contribution in [0.1, 0.15) is 59.8 Å². The number of Topliss-reactive ketones (excluding diaryl/α,β-unsaturated/α-hetero) is 1. The number of allylic oxidation sites excluding steroid dienone is 4. The van der Waals surface area contributed by atoms with Crippen molar-refractivity contribution >= 4 is 40.0 Å². The van der Waals surface area contributed by atoms with Crippen LogP contribution < -0.4 is 5.32 Å². The number of ether oxygens (including phenoxy) is 2. The second-order valence-electron chi connectivity index (χ2n) is 8.45. The quantitative estimate of drug-likeness (QED) is 0.0716. The van der Waals surface area contributed by atoms with Crippen LogP contribution in [0, 0.1) is 5.92 Å². The fraction of sp³-hybridized carbons (Fsp3) is 0.536. The first kappa shape index (κ1) is 31.9. The van der Waals surface area contributed by atoms with Crippen LogP contribution in [0.2, 0.25) is 0 Å². The average Bonchev–Trinajstić information content (AvgIpc) is 3.66. The molecular formula is C28H42ClN3O3S. The van der Waals surface area contributed by atoms with Crippen LogP contribution in [-0.2, 0) is 14.3 Å². The Morgan fingerprint density at radius 1 is 1.31 bits per heavy atom. The van der Waals surface area contributed by atoms with Crippen molar-refractivity contribution in [3.05, 3.63) is 58.9 Å². The zero-order chi connectivity index (χ0) is 26.9. The Morgan fingerprint density at radius 2 is 2.03 bits per heavy atom. The SMILES string of the molecule is C=CC/C(C(=O)CCC(=NC)N/C=C(\C)Cl)=C(/OCC1CC1)C(C=CC)OCC(=C)SC(C)=NCC. The lowest BCUT2D eigenvalue weighted by molar-refractivity contribution is -0.116. The van der Waals surface area contributed by atoms with E-state index in [1.54, 1.807) is 26.2 Å². The summed E-state index contributed by atoms with van der Waals surface area (Å²) in [5.41, 5.74) is 0.579. The second kappa shape index (κ2) is 18.2. The average molecular weight is 536 g/mol. The fourth-order valence-corrected chi connectivity index (χ4v) is 4.01. The van der Waals surface area contributed by atoms with E-state index in [4.69, 9.17) is 21.1 Å². The van der Waals surface area contributed by atoms with E-state index in [1.165, 1.54) is 11.8 Å². The van der Waals surface area contributed by atoms with Gasteiger partial charge in [0.15, 0.2) is 5.78 Å². The van der Waals surface area contributed by atoms with Gasteiger partial charge in [-0.3, -0.25) is 14.8 Å². The Hall–Kier alpha value is -2.09. The molecule has 0 saturated heterocycles. The summed E-state index contributed by atoms with van der Waals surface area (Å²) in [6, 6.07) is 0. The lowest BCUT2D eigenvalue weighted by Gasteiger charge is -2.23. The predicted molar refractivity (Wildman–Crippen MR) is 156 cm³/mol. The molecule has 8 heteroatoms. The van der Waals surface area contributed by atoms with Gasteiger partial charge in [-0.05, 0) is 52.9 Å². The summed E-state index contributed by atoms with van der Waals surface area (Å²) in [4.78, 5) is 22.9. The monoisotopic (exact) mass is 535 g/mol. The highest BCUT2D eigenvalue weighted by atomic mass is 35.5. The van der Waals surface area contributed by atoms with Gasteiger partial charge in [0.05, 0.1) is 18.3 Å². The Labute approximate surface area is 226 Å². The van der Waals surface area contributed by atoms with E-state index in [9.17, 15) is 4.79 Å². The van der Waals surface area contributed by atoms with Gasteiger partial charge in [-0.25, -0.2) is 0 Å². The standard InChI is InChI=1S/C28H42ClN3O3S/c1-8-11-24(25(33)15-16-27(30-7)32-17-20(4)29)28(35-19-23-13-14-23)26(12-9-2)34-18-21(5)36-22(6)31-10-3/h8-9,12,17,23,26H,1,5,10-11,13-16,18-19H2,2-4,6-7H3,(H,30,32)/b12-9?,20-17+,28-24-,31-22?. The van der Waals surface area contributed by atoms with Gasteiger partial charge in [-0.2, -0.15) is 0 Å². The van der Waals surface area contributed by atoms with Crippen LogP contribution in [0.4, 0.5) is 0 Å². The van der Waals surface area contributed by atoms with Crippen molar-refractivity contribution in [2.75, 3.05) is 26.8 Å². The molecule has 0 heterocycles. The van der Waals surface area contributed by atoms with E-state index in [0.29, 0.717) is 54.2 Å². The van der Waals surface area contributed by atoms with Gasteiger partial charge < -0.3 is 14.8 Å². The number of nitrogens with one attached hydrogen (secondary N) is 1. The predicted octanol–water partition coefficient (Wildman–Crippen LogP) is 6.96. The maximum Gasteiger partial charge on any atom is 0.163 e. The van der Waals surface area contributed by atoms with Crippen LogP contribution in [-0.4, -0.2) is 49.6 Å². The largest absolute Gasteiger partial charge is 0.494 e. The molecule has 0 aromatic carbocycles. The van der Waals surface area contributed by atoms with Crippen LogP contribution in [0.25, 0.3) is 0 Å². The summed E-state index contributed by atoms with van der Waals surface area (Å²) < 4.78 is 12.5. The molecule has 1 unspecified atom stereocenters. The molecule has 1 saturated carbocycles. The number of carbonyl (C=O) groups is 1. The minimum Gasteiger partial charge on any atom is -0.494 e. The molecule has 0 radical (unpaired) electrons. The van der Waals surface area contributed by atoms with Gasteiger partial charge in [0, 0.05) is 48.1 Å². The van der Waals surface area contributed by atoms with Crippen molar-refractivity contribution in [2.45, 2.75) is 65.9 Å². The fourth-order valence-electron chi connectivity index (χ4n) is 3.21. The zero-order valence-corrected chi connectivity index (χ0v) is 24.0. The van der Waals surface area contributed by atoms with E-state index in [0.717, 1.165) is 29.3 Å². The summed E-state index contributed by atoms with van der Waals surface area (Å²) in [5.74, 6) is 1.74. The van der Waals surface area contributed by atoms with Crippen LogP contribution in [0.3, 0.4) is 0 Å². The highest BCUT2D eigenvalue weighted by molar-refractivity contribution is 8.17. The first-order chi connectivity index (χ1) is 17.2. The molecule has 6 nitrogen and oxygen atoms in total. The van der Waals surface area contributed by atoms with E-state index in [-0.39, 0.29) is 12.2 Å². The number of nitrogens with zero attached hydrogens (tertiary/aromatic N) is 2. The molecule has 1 atom stereocenters. The number of hydrogen-bond acceptors (Lipinski definition) is 6. The van der Waals surface area contributed by atoms with Crippen LogP contribution >= 0.6 is 23.4 Å². The van der Waals surface area contributed by atoms with Crippen molar-refractivity contribution < 1.29 is 14.3 Å². The smallest absolute Gasteiger partial charge is 0.163 e. The lowest BCUT2D eigenvalue weighted by atomic mass is 9.99. The number of ketones is 1. The number of rotatable bonds is 17. The number of carbonyl (C=O) groups excluding carboxylic acids is 1. The molecular weight excluding hydrogens is 494 g/mol. The topological polar surface area (TPSA) is 72.3 Å². The summed E-state index contributed by atoms with van der Waals surface area (Å²) in [7, 11) is 1.68. The first-order valence-electron chi connectivity index (χ1n) is 12.4. The van der Waals surface area contributed by atoms with Crippen molar-refractivity contribution in [1.82, 2.24) is 5.32 Å². The molecule has 0 aromatic heterocycles. The first-order valence-corrected chi connectivity index (χ1v) is 13.6. The summed E-state index contributed by atoms with van der Waals surface area (Å²) in [6.07, 6.45) is 10.1. The molecule has 0 aromatic rings. The number of thioether (sulfide) groups is 1. The van der Waals surface area contributed by atoms with Gasteiger partial charge >= 0.3 is 0 Å². The molecule has 1 aliphatic rings. The summed E-state index contributed by atoms with van der Waals surface area (Å²) >= 11 is 7.41. The molecule has 0 bridgehead atoms. The molecule has 200 valence electrons. The Bertz CT molecular complexity index is 898. The van der Waals surface area contributed by atoms with Crippen LogP contribution in [0.5, 0.6) is 0 Å². The van der Waals surface area contributed by atoms with E-state index < -0.39 is 6.10 Å². The zero-order valence-electron chi connectivity index (χ0n) is 22.4. The van der Waals surface area contributed by atoms with Crippen molar-refractivity contribution in [3.8, 4) is 0 Å². The van der Waals surface area contributed by atoms with Gasteiger partial charge in [-0.15, -0.1) is 6.58 Å². The third kappa shape index (κ3) is 13.3. The highest BCUT2D eigenvalue weighted by Crippen LogP contribution is 2.32. The van der Waals surface area contributed by atoms with Crippen molar-refractivity contribution in [1.29, 1.82) is 0 Å². The minimum absolute atomic E-state index is 0.0209. The molecule has 36 heavy (non-hydrogen) atoms. The third-order valence-corrected chi connectivity index (χ3v) is 6.11. The third-order valence-electron chi connectivity index (χ3n) is 5.17. The second-order valence-corrected chi connectivity index (χ2v) is 10.4. The van der Waals surface area contributed by atoms with Gasteiger partial charge in [-0.1, -0.05) is 48.2 Å². The van der Waals surface area contributed by atoms with Gasteiger partial charge in [0.25, 0.3) is 0 Å². The van der Waals surface area contributed by atoms with Crippen molar-refractivity contribution in [2.24, 2.45) is 15.9 Å². The number of halogens is 1. The minimum atomic E-state index is -0.507. The maximum atomic E-state index is 13.4.